The number of aryl methyl sites for hydroxylation is 2. The predicted octanol–water partition coefficient (Wildman–Crippen LogP) is 3.98. The zero-order valence-electron chi connectivity index (χ0n) is 16.7. The van der Waals surface area contributed by atoms with E-state index in [0.29, 0.717) is 18.0 Å². The highest BCUT2D eigenvalue weighted by atomic mass is 16.2. The molecule has 3 rings (SSSR count). The van der Waals surface area contributed by atoms with Crippen LogP contribution in [0.3, 0.4) is 0 Å². The number of anilines is 1. The zero-order chi connectivity index (χ0) is 20.3. The summed E-state index contributed by atoms with van der Waals surface area (Å²) in [5.74, 6) is 0.0947. The number of nitrogens with one attached hydrogen (secondary N) is 2. The van der Waals surface area contributed by atoms with E-state index in [1.807, 2.05) is 44.2 Å². The minimum absolute atomic E-state index is 0.214. The third-order valence-electron chi connectivity index (χ3n) is 4.69. The standard InChI is InChI=1S/C22H26N4O2/c1-14(2)11-12-23-22(28)20-24-19(17-10-5-6-13-26(17)20)21(27)25-18-15(3)8-7-9-16(18)4/h5-10,13-14H,11-12H2,1-4H3,(H,23,28)(H,25,27). The third kappa shape index (κ3) is 4.06. The van der Waals surface area contributed by atoms with Gasteiger partial charge in [0.2, 0.25) is 5.82 Å². The van der Waals surface area contributed by atoms with E-state index in [1.54, 1.807) is 16.7 Å². The second-order valence-corrected chi connectivity index (χ2v) is 7.40. The van der Waals surface area contributed by atoms with E-state index in [9.17, 15) is 9.59 Å². The van der Waals surface area contributed by atoms with Crippen LogP contribution in [-0.2, 0) is 0 Å². The molecule has 2 heterocycles. The highest BCUT2D eigenvalue weighted by Crippen LogP contribution is 2.21. The summed E-state index contributed by atoms with van der Waals surface area (Å²) in [6.07, 6.45) is 2.63. The number of rotatable bonds is 6. The van der Waals surface area contributed by atoms with Crippen molar-refractivity contribution in [2.45, 2.75) is 34.1 Å². The van der Waals surface area contributed by atoms with Gasteiger partial charge in [-0.25, -0.2) is 4.98 Å². The van der Waals surface area contributed by atoms with E-state index in [0.717, 1.165) is 23.2 Å². The molecule has 2 aromatic heterocycles. The number of para-hydroxylation sites is 1. The number of hydrogen-bond donors (Lipinski definition) is 2. The first-order valence-electron chi connectivity index (χ1n) is 9.51. The molecular weight excluding hydrogens is 352 g/mol. The minimum atomic E-state index is -0.331. The number of carbonyl (C=O) groups excluding carboxylic acids is 2. The lowest BCUT2D eigenvalue weighted by molar-refractivity contribution is 0.0941. The molecule has 0 fully saturated rings. The number of amides is 2. The summed E-state index contributed by atoms with van der Waals surface area (Å²) in [5, 5.41) is 5.84. The summed E-state index contributed by atoms with van der Waals surface area (Å²) in [6.45, 7) is 8.67. The molecule has 2 N–H and O–H groups in total. The number of imidazole rings is 1. The Morgan fingerprint density at radius 2 is 1.75 bits per heavy atom. The monoisotopic (exact) mass is 378 g/mol. The van der Waals surface area contributed by atoms with E-state index in [2.05, 4.69) is 29.5 Å². The molecular formula is C22H26N4O2. The van der Waals surface area contributed by atoms with Gasteiger partial charge >= 0.3 is 0 Å². The summed E-state index contributed by atoms with van der Waals surface area (Å²) >= 11 is 0. The molecule has 6 nitrogen and oxygen atoms in total. The number of hydrogen-bond acceptors (Lipinski definition) is 3. The van der Waals surface area contributed by atoms with E-state index < -0.39 is 0 Å². The van der Waals surface area contributed by atoms with E-state index in [4.69, 9.17) is 0 Å². The second-order valence-electron chi connectivity index (χ2n) is 7.40. The molecule has 0 spiro atoms. The highest BCUT2D eigenvalue weighted by Gasteiger charge is 2.22. The molecule has 0 bridgehead atoms. The number of benzene rings is 1. The summed E-state index contributed by atoms with van der Waals surface area (Å²) in [5.41, 5.74) is 3.55. The van der Waals surface area contributed by atoms with Gasteiger partial charge in [0.05, 0.1) is 5.52 Å². The fourth-order valence-electron chi connectivity index (χ4n) is 3.10. The Balaban J connectivity index is 1.91. The zero-order valence-corrected chi connectivity index (χ0v) is 16.7. The van der Waals surface area contributed by atoms with Crippen molar-refractivity contribution in [2.24, 2.45) is 5.92 Å². The van der Waals surface area contributed by atoms with Crippen LogP contribution in [0.5, 0.6) is 0 Å². The normalized spacial score (nSPS) is 11.0. The molecule has 0 unspecified atom stereocenters. The second kappa shape index (κ2) is 8.25. The summed E-state index contributed by atoms with van der Waals surface area (Å²) < 4.78 is 1.66. The first-order valence-corrected chi connectivity index (χ1v) is 9.51. The van der Waals surface area contributed by atoms with Crippen LogP contribution in [0, 0.1) is 19.8 Å². The van der Waals surface area contributed by atoms with Crippen LogP contribution in [-0.4, -0.2) is 27.7 Å². The van der Waals surface area contributed by atoms with Crippen molar-refractivity contribution in [3.8, 4) is 0 Å². The van der Waals surface area contributed by atoms with Gasteiger partial charge in [0.25, 0.3) is 11.8 Å². The Labute approximate surface area is 165 Å². The number of aromatic nitrogens is 2. The minimum Gasteiger partial charge on any atom is -0.349 e. The topological polar surface area (TPSA) is 75.5 Å². The van der Waals surface area contributed by atoms with Gasteiger partial charge in [-0.05, 0) is 49.4 Å². The smallest absolute Gasteiger partial charge is 0.287 e. The molecule has 2 amide bonds. The van der Waals surface area contributed by atoms with Gasteiger partial charge in [0.1, 0.15) is 0 Å². The largest absolute Gasteiger partial charge is 0.349 e. The summed E-state index contributed by atoms with van der Waals surface area (Å²) in [4.78, 5) is 30.0. The van der Waals surface area contributed by atoms with Crippen LogP contribution in [0.25, 0.3) is 5.52 Å². The molecule has 1 aromatic carbocycles. The van der Waals surface area contributed by atoms with Gasteiger partial charge in [-0.3, -0.25) is 14.0 Å². The lowest BCUT2D eigenvalue weighted by Gasteiger charge is -2.10. The lowest BCUT2D eigenvalue weighted by Crippen LogP contribution is -2.27. The SMILES string of the molecule is Cc1cccc(C)c1NC(=O)c1nc(C(=O)NCCC(C)C)n2ccccc12. The number of pyridine rings is 1. The van der Waals surface area contributed by atoms with Crippen molar-refractivity contribution in [1.82, 2.24) is 14.7 Å². The molecule has 146 valence electrons. The van der Waals surface area contributed by atoms with Crippen LogP contribution < -0.4 is 10.6 Å². The molecule has 0 atom stereocenters. The van der Waals surface area contributed by atoms with E-state index in [-0.39, 0.29) is 23.3 Å². The van der Waals surface area contributed by atoms with Crippen LogP contribution >= 0.6 is 0 Å². The van der Waals surface area contributed by atoms with Crippen molar-refractivity contribution in [3.63, 3.8) is 0 Å². The van der Waals surface area contributed by atoms with Gasteiger partial charge in [-0.1, -0.05) is 38.1 Å². The van der Waals surface area contributed by atoms with Crippen molar-refractivity contribution in [2.75, 3.05) is 11.9 Å². The lowest BCUT2D eigenvalue weighted by atomic mass is 10.1. The maximum Gasteiger partial charge on any atom is 0.287 e. The molecule has 3 aromatic rings. The Morgan fingerprint density at radius 3 is 2.43 bits per heavy atom. The van der Waals surface area contributed by atoms with Gasteiger partial charge in [-0.2, -0.15) is 0 Å². The fourth-order valence-corrected chi connectivity index (χ4v) is 3.10. The van der Waals surface area contributed by atoms with Gasteiger partial charge < -0.3 is 10.6 Å². The first-order chi connectivity index (χ1) is 13.4. The Bertz CT molecular complexity index is 1000. The number of nitrogens with zero attached hydrogens (tertiary/aromatic N) is 2. The number of carbonyl (C=O) groups is 2. The van der Waals surface area contributed by atoms with E-state index >= 15 is 0 Å². The van der Waals surface area contributed by atoms with E-state index in [1.165, 1.54) is 0 Å². The summed E-state index contributed by atoms with van der Waals surface area (Å²) in [7, 11) is 0. The van der Waals surface area contributed by atoms with Crippen LogP contribution in [0.15, 0.2) is 42.6 Å². The van der Waals surface area contributed by atoms with Crippen molar-refractivity contribution >= 4 is 23.0 Å². The van der Waals surface area contributed by atoms with Crippen molar-refractivity contribution in [1.29, 1.82) is 0 Å². The molecule has 6 heteroatoms. The average Bonchev–Trinajstić information content (AvgIpc) is 3.04. The maximum absolute atomic E-state index is 13.0. The van der Waals surface area contributed by atoms with Crippen LogP contribution in [0.2, 0.25) is 0 Å². The Morgan fingerprint density at radius 1 is 1.04 bits per heavy atom. The molecule has 0 saturated carbocycles. The van der Waals surface area contributed by atoms with Gasteiger partial charge in [0.15, 0.2) is 5.69 Å². The molecule has 0 aliphatic heterocycles. The van der Waals surface area contributed by atoms with Crippen molar-refractivity contribution in [3.05, 3.63) is 65.2 Å². The van der Waals surface area contributed by atoms with Gasteiger partial charge in [-0.15, -0.1) is 0 Å². The predicted molar refractivity (Wildman–Crippen MR) is 111 cm³/mol. The summed E-state index contributed by atoms with van der Waals surface area (Å²) in [6, 6.07) is 11.3. The maximum atomic E-state index is 13.0. The number of fused-ring (bicyclic) bond motifs is 1. The van der Waals surface area contributed by atoms with Crippen LogP contribution in [0.4, 0.5) is 5.69 Å². The molecule has 0 aliphatic rings. The molecule has 0 aliphatic carbocycles. The van der Waals surface area contributed by atoms with Crippen LogP contribution in [0.1, 0.15) is 52.5 Å². The molecule has 0 radical (unpaired) electrons. The van der Waals surface area contributed by atoms with Gasteiger partial charge in [0, 0.05) is 18.4 Å². The first kappa shape index (κ1) is 19.6. The molecule has 28 heavy (non-hydrogen) atoms. The third-order valence-corrected chi connectivity index (χ3v) is 4.69. The molecule has 0 saturated heterocycles. The Kier molecular flexibility index (Phi) is 5.78. The quantitative estimate of drug-likeness (QED) is 0.681. The fraction of sp³-hybridized carbons (Fsp3) is 0.318. The highest BCUT2D eigenvalue weighted by molar-refractivity contribution is 6.09. The average molecular weight is 378 g/mol. The Hall–Kier alpha value is -3.15. The van der Waals surface area contributed by atoms with Crippen molar-refractivity contribution < 1.29 is 9.59 Å².